The maximum absolute atomic E-state index is 12.7. The second-order valence-electron chi connectivity index (χ2n) is 6.67. The van der Waals surface area contributed by atoms with Gasteiger partial charge in [0.15, 0.2) is 0 Å². The summed E-state index contributed by atoms with van der Waals surface area (Å²) in [4.78, 5) is 23.4. The van der Waals surface area contributed by atoms with E-state index in [1.165, 1.54) is 29.1 Å². The molecule has 0 saturated heterocycles. The maximum Gasteiger partial charge on any atom is 0.275 e. The normalized spacial score (nSPS) is 11.8. The number of nitro benzene ring substituents is 1. The molecule has 0 radical (unpaired) electrons. The molecular formula is C20H18Cl2N4O4. The van der Waals surface area contributed by atoms with Crippen LogP contribution in [-0.2, 0) is 4.79 Å². The highest BCUT2D eigenvalue weighted by Gasteiger charge is 2.20. The van der Waals surface area contributed by atoms with Crippen LogP contribution in [0.4, 0.5) is 11.4 Å². The fraction of sp³-hybridized carbons (Fsp3) is 0.200. The Morgan fingerprint density at radius 1 is 1.17 bits per heavy atom. The van der Waals surface area contributed by atoms with Gasteiger partial charge >= 0.3 is 0 Å². The van der Waals surface area contributed by atoms with E-state index in [1.54, 1.807) is 32.0 Å². The van der Waals surface area contributed by atoms with Crippen molar-refractivity contribution in [3.63, 3.8) is 0 Å². The van der Waals surface area contributed by atoms with Crippen LogP contribution >= 0.6 is 23.2 Å². The molecule has 2 aromatic carbocycles. The molecule has 8 nitrogen and oxygen atoms in total. The smallest absolute Gasteiger partial charge is 0.275 e. The van der Waals surface area contributed by atoms with Gasteiger partial charge in [-0.05, 0) is 44.5 Å². The number of nitro groups is 1. The Bertz CT molecular complexity index is 1130. The number of ether oxygens (including phenoxy) is 1. The minimum Gasteiger partial charge on any atom is -0.457 e. The minimum absolute atomic E-state index is 0.201. The third-order valence-corrected chi connectivity index (χ3v) is 5.26. The number of halogens is 2. The fourth-order valence-electron chi connectivity index (χ4n) is 2.79. The molecule has 0 aliphatic carbocycles. The van der Waals surface area contributed by atoms with Crippen LogP contribution in [0.5, 0.6) is 11.5 Å². The van der Waals surface area contributed by atoms with Crippen LogP contribution in [0, 0.1) is 24.0 Å². The number of hydrogen-bond donors (Lipinski definition) is 1. The Kier molecular flexibility index (Phi) is 6.28. The van der Waals surface area contributed by atoms with Crippen molar-refractivity contribution in [2.75, 3.05) is 5.32 Å². The Morgan fingerprint density at radius 3 is 2.50 bits per heavy atom. The molecule has 1 unspecified atom stereocenters. The number of hydrogen-bond acceptors (Lipinski definition) is 5. The van der Waals surface area contributed by atoms with Gasteiger partial charge in [0.1, 0.15) is 17.5 Å². The third kappa shape index (κ3) is 4.72. The molecule has 0 fully saturated rings. The molecule has 1 atom stereocenters. The number of aromatic nitrogens is 2. The quantitative estimate of drug-likeness (QED) is 0.384. The van der Waals surface area contributed by atoms with E-state index in [2.05, 4.69) is 10.4 Å². The first-order valence-corrected chi connectivity index (χ1v) is 9.65. The summed E-state index contributed by atoms with van der Waals surface area (Å²) in [5.41, 5.74) is 1.44. The zero-order chi connectivity index (χ0) is 22.0. The van der Waals surface area contributed by atoms with Crippen molar-refractivity contribution in [1.29, 1.82) is 0 Å². The van der Waals surface area contributed by atoms with Crippen LogP contribution in [0.3, 0.4) is 0 Å². The highest BCUT2D eigenvalue weighted by Crippen LogP contribution is 2.31. The van der Waals surface area contributed by atoms with Crippen LogP contribution in [0.25, 0.3) is 0 Å². The summed E-state index contributed by atoms with van der Waals surface area (Å²) in [6, 6.07) is 8.40. The Labute approximate surface area is 182 Å². The first-order chi connectivity index (χ1) is 14.2. The molecule has 156 valence electrons. The van der Waals surface area contributed by atoms with Crippen LogP contribution < -0.4 is 10.1 Å². The average molecular weight is 449 g/mol. The number of rotatable bonds is 6. The van der Waals surface area contributed by atoms with Crippen molar-refractivity contribution >= 4 is 40.5 Å². The summed E-state index contributed by atoms with van der Waals surface area (Å²) < 4.78 is 7.22. The van der Waals surface area contributed by atoms with Crippen LogP contribution in [0.15, 0.2) is 42.6 Å². The van der Waals surface area contributed by atoms with Gasteiger partial charge in [-0.15, -0.1) is 0 Å². The molecule has 10 heteroatoms. The number of anilines is 1. The van der Waals surface area contributed by atoms with Crippen molar-refractivity contribution in [2.45, 2.75) is 26.8 Å². The van der Waals surface area contributed by atoms with Crippen molar-refractivity contribution in [3.8, 4) is 11.5 Å². The predicted octanol–water partition coefficient (Wildman–Crippen LogP) is 5.71. The van der Waals surface area contributed by atoms with Gasteiger partial charge in [0.25, 0.3) is 5.69 Å². The Balaban J connectivity index is 1.86. The van der Waals surface area contributed by atoms with Gasteiger partial charge in [-0.1, -0.05) is 23.2 Å². The Morgan fingerprint density at radius 2 is 1.90 bits per heavy atom. The largest absolute Gasteiger partial charge is 0.457 e. The van der Waals surface area contributed by atoms with Gasteiger partial charge in [-0.2, -0.15) is 5.10 Å². The molecule has 1 aromatic heterocycles. The van der Waals surface area contributed by atoms with E-state index in [9.17, 15) is 14.9 Å². The molecule has 0 aliphatic rings. The zero-order valence-electron chi connectivity index (χ0n) is 16.3. The first kappa shape index (κ1) is 21.6. The second kappa shape index (κ2) is 8.73. The molecule has 0 saturated carbocycles. The van der Waals surface area contributed by atoms with Gasteiger partial charge in [0.05, 0.1) is 33.6 Å². The van der Waals surface area contributed by atoms with Crippen molar-refractivity contribution < 1.29 is 14.5 Å². The lowest BCUT2D eigenvalue weighted by Crippen LogP contribution is -2.25. The number of non-ortho nitro benzene ring substituents is 1. The summed E-state index contributed by atoms with van der Waals surface area (Å²) in [6.45, 7) is 5.21. The van der Waals surface area contributed by atoms with E-state index in [0.29, 0.717) is 21.5 Å². The van der Waals surface area contributed by atoms with E-state index >= 15 is 0 Å². The van der Waals surface area contributed by atoms with E-state index in [-0.39, 0.29) is 17.1 Å². The highest BCUT2D eigenvalue weighted by molar-refractivity contribution is 6.31. The molecule has 1 heterocycles. The summed E-state index contributed by atoms with van der Waals surface area (Å²) >= 11 is 12.0. The lowest BCUT2D eigenvalue weighted by Gasteiger charge is -2.15. The molecule has 1 amide bonds. The molecule has 1 N–H and O–H groups in total. The van der Waals surface area contributed by atoms with E-state index < -0.39 is 16.9 Å². The molecule has 0 spiro atoms. The number of aryl methyl sites for hydroxylation is 1. The molecule has 0 aliphatic heterocycles. The van der Waals surface area contributed by atoms with Gasteiger partial charge in [-0.25, -0.2) is 0 Å². The third-order valence-electron chi connectivity index (χ3n) is 4.47. The van der Waals surface area contributed by atoms with Gasteiger partial charge in [0, 0.05) is 17.2 Å². The molecule has 30 heavy (non-hydrogen) atoms. The topological polar surface area (TPSA) is 99.3 Å². The number of carbonyl (C=O) groups is 1. The van der Waals surface area contributed by atoms with E-state index in [4.69, 9.17) is 27.9 Å². The molecular weight excluding hydrogens is 431 g/mol. The first-order valence-electron chi connectivity index (χ1n) is 8.89. The molecule has 3 aromatic rings. The second-order valence-corrected chi connectivity index (χ2v) is 7.49. The van der Waals surface area contributed by atoms with E-state index in [0.717, 1.165) is 5.56 Å². The lowest BCUT2D eigenvalue weighted by molar-refractivity contribution is -0.384. The SMILES string of the molecule is Cc1cc(Oc2cc(NC(=O)C(C)n3ncc(Cl)c3C)cc([N+](=O)[O-])c2)ccc1Cl. The Hall–Kier alpha value is -3.10. The van der Waals surface area contributed by atoms with Gasteiger partial charge in [-0.3, -0.25) is 19.6 Å². The zero-order valence-corrected chi connectivity index (χ0v) is 17.9. The van der Waals surface area contributed by atoms with Crippen LogP contribution in [0.2, 0.25) is 10.0 Å². The number of nitrogens with one attached hydrogen (secondary N) is 1. The summed E-state index contributed by atoms with van der Waals surface area (Å²) in [5, 5.41) is 19.1. The number of carbonyl (C=O) groups excluding carboxylic acids is 1. The van der Waals surface area contributed by atoms with Crippen molar-refractivity contribution in [1.82, 2.24) is 9.78 Å². The summed E-state index contributed by atoms with van der Waals surface area (Å²) in [7, 11) is 0. The number of nitrogens with zero attached hydrogens (tertiary/aromatic N) is 3. The minimum atomic E-state index is -0.681. The average Bonchev–Trinajstić information content (AvgIpc) is 3.02. The molecule has 3 rings (SSSR count). The monoisotopic (exact) mass is 448 g/mol. The van der Waals surface area contributed by atoms with Crippen molar-refractivity contribution in [3.05, 3.63) is 74.0 Å². The fourth-order valence-corrected chi connectivity index (χ4v) is 3.03. The lowest BCUT2D eigenvalue weighted by atomic mass is 10.2. The predicted molar refractivity (Wildman–Crippen MR) is 115 cm³/mol. The van der Waals surface area contributed by atoms with E-state index in [1.807, 2.05) is 6.92 Å². The molecule has 0 bridgehead atoms. The van der Waals surface area contributed by atoms with Gasteiger partial charge in [0.2, 0.25) is 5.91 Å². The number of benzene rings is 2. The maximum atomic E-state index is 12.7. The van der Waals surface area contributed by atoms with Gasteiger partial charge < -0.3 is 10.1 Å². The highest BCUT2D eigenvalue weighted by atomic mass is 35.5. The van der Waals surface area contributed by atoms with Crippen molar-refractivity contribution in [2.24, 2.45) is 0 Å². The summed E-state index contributed by atoms with van der Waals surface area (Å²) in [5.74, 6) is 0.253. The van der Waals surface area contributed by atoms with Crippen LogP contribution in [-0.4, -0.2) is 20.6 Å². The number of amides is 1. The summed E-state index contributed by atoms with van der Waals surface area (Å²) in [6.07, 6.45) is 1.45. The van der Waals surface area contributed by atoms with Crippen LogP contribution in [0.1, 0.15) is 24.2 Å². The standard InChI is InChI=1S/C20H18Cl2N4O4/c1-11-6-16(4-5-18(11)21)30-17-8-14(7-15(9-17)26(28)29)24-20(27)13(3)25-12(2)19(22)10-23-25/h4-10,13H,1-3H3,(H,24,27).